The fraction of sp³-hybridized carbons (Fsp3) is 0.316. The van der Waals surface area contributed by atoms with Crippen LogP contribution in [0.2, 0.25) is 5.02 Å². The molecule has 1 fully saturated rings. The quantitative estimate of drug-likeness (QED) is 0.600. The number of benzene rings is 1. The van der Waals surface area contributed by atoms with E-state index in [0.717, 1.165) is 23.4 Å². The van der Waals surface area contributed by atoms with Gasteiger partial charge in [0.2, 0.25) is 0 Å². The van der Waals surface area contributed by atoms with E-state index in [2.05, 4.69) is 10.1 Å². The van der Waals surface area contributed by atoms with Gasteiger partial charge in [-0.15, -0.1) is 11.3 Å². The number of sulfonamides is 1. The predicted octanol–water partition coefficient (Wildman–Crippen LogP) is 4.13. The molecule has 3 heterocycles. The Hall–Kier alpha value is -1.87. The van der Waals surface area contributed by atoms with Crippen LogP contribution in [0.4, 0.5) is 5.69 Å². The fourth-order valence-corrected chi connectivity index (χ4v) is 6.03. The summed E-state index contributed by atoms with van der Waals surface area (Å²) >= 11 is 7.16. The molecule has 1 aromatic carbocycles. The summed E-state index contributed by atoms with van der Waals surface area (Å²) in [5.41, 5.74) is 2.65. The van der Waals surface area contributed by atoms with Gasteiger partial charge in [0.1, 0.15) is 4.21 Å². The van der Waals surface area contributed by atoms with E-state index in [-0.39, 0.29) is 0 Å². The topological polar surface area (TPSA) is 66.7 Å². The molecule has 0 bridgehead atoms. The Kier molecular flexibility index (Phi) is 5.46. The van der Waals surface area contributed by atoms with Crippen molar-refractivity contribution < 1.29 is 12.9 Å². The number of thiophene rings is 1. The highest BCUT2D eigenvalue weighted by molar-refractivity contribution is 7.91. The van der Waals surface area contributed by atoms with Gasteiger partial charge in [0.25, 0.3) is 10.0 Å². The van der Waals surface area contributed by atoms with Crippen molar-refractivity contribution in [1.82, 2.24) is 9.46 Å². The molecule has 0 aliphatic carbocycles. The monoisotopic (exact) mass is 437 g/mol. The van der Waals surface area contributed by atoms with Gasteiger partial charge in [-0.05, 0) is 36.8 Å². The maximum absolute atomic E-state index is 13.0. The summed E-state index contributed by atoms with van der Waals surface area (Å²) in [6.07, 6.45) is 0.774. The van der Waals surface area contributed by atoms with Crippen LogP contribution in [-0.2, 0) is 16.4 Å². The van der Waals surface area contributed by atoms with Crippen LogP contribution in [0.1, 0.15) is 12.6 Å². The van der Waals surface area contributed by atoms with E-state index in [4.69, 9.17) is 16.1 Å². The van der Waals surface area contributed by atoms with Gasteiger partial charge in [0.15, 0.2) is 5.76 Å². The second-order valence-corrected chi connectivity index (χ2v) is 10.1. The maximum atomic E-state index is 13.0. The molecule has 1 saturated heterocycles. The Morgan fingerprint density at radius 1 is 1.14 bits per heavy atom. The van der Waals surface area contributed by atoms with Crippen molar-refractivity contribution in [2.45, 2.75) is 17.6 Å². The highest BCUT2D eigenvalue weighted by Gasteiger charge is 2.30. The Morgan fingerprint density at radius 2 is 1.86 bits per heavy atom. The number of anilines is 1. The lowest BCUT2D eigenvalue weighted by Crippen LogP contribution is -2.48. The van der Waals surface area contributed by atoms with Crippen LogP contribution in [0, 0.1) is 0 Å². The summed E-state index contributed by atoms with van der Waals surface area (Å²) in [5, 5.41) is 6.46. The zero-order valence-electron chi connectivity index (χ0n) is 15.3. The number of aryl methyl sites for hydroxylation is 1. The summed E-state index contributed by atoms with van der Waals surface area (Å²) in [6, 6.07) is 11.1. The number of halogens is 1. The molecule has 148 valence electrons. The SMILES string of the molecule is CCc1cc(-c2csc(S(=O)(=O)N3CCN(c4ccc(Cl)cc4)CC3)c2)on1. The minimum atomic E-state index is -3.52. The molecular weight excluding hydrogens is 418 g/mol. The van der Waals surface area contributed by atoms with Crippen molar-refractivity contribution in [3.05, 3.63) is 52.5 Å². The lowest BCUT2D eigenvalue weighted by atomic mass is 10.2. The number of rotatable bonds is 5. The van der Waals surface area contributed by atoms with Gasteiger partial charge in [-0.3, -0.25) is 0 Å². The van der Waals surface area contributed by atoms with Gasteiger partial charge in [-0.1, -0.05) is 23.7 Å². The van der Waals surface area contributed by atoms with E-state index >= 15 is 0 Å². The Labute approximate surface area is 173 Å². The molecular formula is C19H20ClN3O3S2. The first-order valence-electron chi connectivity index (χ1n) is 9.02. The van der Waals surface area contributed by atoms with Crippen molar-refractivity contribution in [3.8, 4) is 11.3 Å². The van der Waals surface area contributed by atoms with Gasteiger partial charge in [-0.25, -0.2) is 8.42 Å². The van der Waals surface area contributed by atoms with Gasteiger partial charge < -0.3 is 9.42 Å². The second kappa shape index (κ2) is 7.87. The molecule has 9 heteroatoms. The molecule has 4 rings (SSSR count). The Morgan fingerprint density at radius 3 is 2.50 bits per heavy atom. The van der Waals surface area contributed by atoms with Gasteiger partial charge >= 0.3 is 0 Å². The summed E-state index contributed by atoms with van der Waals surface area (Å²) in [6.45, 7) is 4.16. The highest BCUT2D eigenvalue weighted by Crippen LogP contribution is 2.31. The highest BCUT2D eigenvalue weighted by atomic mass is 35.5. The van der Waals surface area contributed by atoms with Crippen molar-refractivity contribution in [2.24, 2.45) is 0 Å². The molecule has 0 saturated carbocycles. The first-order chi connectivity index (χ1) is 13.5. The summed E-state index contributed by atoms with van der Waals surface area (Å²) < 4.78 is 33.3. The molecule has 0 spiro atoms. The van der Waals surface area contributed by atoms with Crippen LogP contribution in [0.25, 0.3) is 11.3 Å². The summed E-state index contributed by atoms with van der Waals surface area (Å²) in [4.78, 5) is 2.17. The smallest absolute Gasteiger partial charge is 0.252 e. The first-order valence-corrected chi connectivity index (χ1v) is 11.7. The van der Waals surface area contributed by atoms with Crippen molar-refractivity contribution in [3.63, 3.8) is 0 Å². The third-order valence-electron chi connectivity index (χ3n) is 4.81. The number of hydrogen-bond acceptors (Lipinski definition) is 6. The maximum Gasteiger partial charge on any atom is 0.252 e. The van der Waals surface area contributed by atoms with Crippen LogP contribution in [-0.4, -0.2) is 44.1 Å². The predicted molar refractivity (Wildman–Crippen MR) is 112 cm³/mol. The van der Waals surface area contributed by atoms with Crippen LogP contribution in [0.3, 0.4) is 0 Å². The van der Waals surface area contributed by atoms with E-state index < -0.39 is 10.0 Å². The average molecular weight is 438 g/mol. The first kappa shape index (κ1) is 19.4. The number of hydrogen-bond donors (Lipinski definition) is 0. The van der Waals surface area contributed by atoms with Crippen LogP contribution in [0.5, 0.6) is 0 Å². The third kappa shape index (κ3) is 3.82. The molecule has 28 heavy (non-hydrogen) atoms. The van der Waals surface area contributed by atoms with E-state index in [1.165, 1.54) is 11.3 Å². The van der Waals surface area contributed by atoms with Crippen LogP contribution < -0.4 is 4.90 Å². The number of aromatic nitrogens is 1. The standard InChI is InChI=1S/C19H20ClN3O3S2/c1-2-16-12-18(26-21-16)14-11-19(27-13-14)28(24,25)23-9-7-22(8-10-23)17-5-3-15(20)4-6-17/h3-6,11-13H,2,7-10H2,1H3. The minimum Gasteiger partial charge on any atom is -0.369 e. The normalized spacial score (nSPS) is 15.9. The second-order valence-electron chi connectivity index (χ2n) is 6.56. The van der Waals surface area contributed by atoms with E-state index in [1.54, 1.807) is 15.8 Å². The van der Waals surface area contributed by atoms with Gasteiger partial charge in [0.05, 0.1) is 5.69 Å². The van der Waals surface area contributed by atoms with Crippen LogP contribution >= 0.6 is 22.9 Å². The lowest BCUT2D eigenvalue weighted by Gasteiger charge is -2.35. The van der Waals surface area contributed by atoms with E-state index in [1.807, 2.05) is 37.3 Å². The third-order valence-corrected chi connectivity index (χ3v) is 8.37. The van der Waals surface area contributed by atoms with Crippen molar-refractivity contribution in [2.75, 3.05) is 31.1 Å². The van der Waals surface area contributed by atoms with Crippen LogP contribution in [0.15, 0.2) is 50.5 Å². The fourth-order valence-electron chi connectivity index (χ4n) is 3.16. The molecule has 0 unspecified atom stereocenters. The van der Waals surface area contributed by atoms with Gasteiger partial charge in [0, 0.05) is 53.9 Å². The minimum absolute atomic E-state index is 0.330. The lowest BCUT2D eigenvalue weighted by molar-refractivity contribution is 0.386. The average Bonchev–Trinajstić information content (AvgIpc) is 3.38. The molecule has 0 amide bonds. The molecule has 3 aromatic rings. The molecule has 1 aliphatic heterocycles. The molecule has 0 radical (unpaired) electrons. The van der Waals surface area contributed by atoms with Crippen molar-refractivity contribution in [1.29, 1.82) is 0 Å². The molecule has 6 nitrogen and oxygen atoms in total. The Balaban J connectivity index is 1.46. The number of piperazine rings is 1. The molecule has 2 aromatic heterocycles. The van der Waals surface area contributed by atoms with E-state index in [9.17, 15) is 8.42 Å². The van der Waals surface area contributed by atoms with E-state index in [0.29, 0.717) is 41.2 Å². The van der Waals surface area contributed by atoms with Crippen molar-refractivity contribution >= 4 is 38.6 Å². The summed E-state index contributed by atoms with van der Waals surface area (Å²) in [5.74, 6) is 0.599. The Bertz CT molecular complexity index is 1050. The zero-order valence-corrected chi connectivity index (χ0v) is 17.7. The van der Waals surface area contributed by atoms with Gasteiger partial charge in [-0.2, -0.15) is 4.31 Å². The molecule has 1 aliphatic rings. The largest absolute Gasteiger partial charge is 0.369 e. The molecule has 0 atom stereocenters. The zero-order chi connectivity index (χ0) is 19.7. The number of nitrogens with zero attached hydrogens (tertiary/aromatic N) is 3. The molecule has 0 N–H and O–H groups in total. The summed E-state index contributed by atoms with van der Waals surface area (Å²) in [7, 11) is -3.52.